The molecule has 0 amide bonds. The maximum absolute atomic E-state index is 12.5. The van der Waals surface area contributed by atoms with Gasteiger partial charge < -0.3 is 9.53 Å². The number of carbonyl (C=O) groups excluding carboxylic acids is 2. The predicted molar refractivity (Wildman–Crippen MR) is 84.2 cm³/mol. The number of hydrogen-bond donors (Lipinski definition) is 0. The van der Waals surface area contributed by atoms with Gasteiger partial charge >= 0.3 is 5.97 Å². The zero-order chi connectivity index (χ0) is 16.8. The topological polar surface area (TPSA) is 86.5 Å². The summed E-state index contributed by atoms with van der Waals surface area (Å²) in [4.78, 5) is 34.6. The van der Waals surface area contributed by atoms with Crippen molar-refractivity contribution in [2.75, 3.05) is 13.2 Å². The van der Waals surface area contributed by atoms with Crippen LogP contribution in [0.4, 0.5) is 0 Å². The average Bonchev–Trinajstić information content (AvgIpc) is 2.47. The third kappa shape index (κ3) is 3.71. The minimum Gasteiger partial charge on any atom is -0.465 e. The monoisotopic (exact) mass is 371 g/mol. The molecule has 0 heterocycles. The van der Waals surface area contributed by atoms with E-state index < -0.39 is 28.8 Å². The van der Waals surface area contributed by atoms with Crippen molar-refractivity contribution < 1.29 is 19.2 Å². The second-order valence-electron chi connectivity index (χ2n) is 4.84. The molecule has 120 valence electrons. The molecule has 0 saturated carbocycles. The van der Waals surface area contributed by atoms with Crippen molar-refractivity contribution in [3.63, 3.8) is 0 Å². The number of carbonyl (C=O) groups is 2. The van der Waals surface area contributed by atoms with E-state index in [0.717, 1.165) is 4.47 Å². The van der Waals surface area contributed by atoms with Crippen LogP contribution in [0.1, 0.15) is 25.8 Å². The maximum atomic E-state index is 12.5. The summed E-state index contributed by atoms with van der Waals surface area (Å²) in [5, 5.41) is 11.2. The van der Waals surface area contributed by atoms with E-state index in [1.54, 1.807) is 38.1 Å². The Morgan fingerprint density at radius 2 is 2.00 bits per heavy atom. The highest BCUT2D eigenvalue weighted by Crippen LogP contribution is 2.36. The molecule has 0 fully saturated rings. The van der Waals surface area contributed by atoms with E-state index in [0.29, 0.717) is 18.3 Å². The Bertz CT molecular complexity index is 545. The fourth-order valence-corrected chi connectivity index (χ4v) is 2.79. The lowest BCUT2D eigenvalue weighted by molar-refractivity contribution is -0.490. The number of rotatable bonds is 8. The van der Waals surface area contributed by atoms with Crippen molar-refractivity contribution in [1.29, 1.82) is 0 Å². The lowest BCUT2D eigenvalue weighted by Crippen LogP contribution is -2.50. The zero-order valence-corrected chi connectivity index (χ0v) is 14.0. The number of hydrogen-bond acceptors (Lipinski definition) is 5. The Balaban J connectivity index is 3.54. The van der Waals surface area contributed by atoms with E-state index in [1.165, 1.54) is 0 Å². The number of aldehydes is 1. The molecule has 2 unspecified atom stereocenters. The molecule has 0 bridgehead atoms. The van der Waals surface area contributed by atoms with E-state index in [9.17, 15) is 19.7 Å². The van der Waals surface area contributed by atoms with Crippen LogP contribution in [0.25, 0.3) is 0 Å². The van der Waals surface area contributed by atoms with Crippen molar-refractivity contribution in [2.45, 2.75) is 25.7 Å². The van der Waals surface area contributed by atoms with Crippen LogP contribution in [0.2, 0.25) is 0 Å². The Labute approximate surface area is 137 Å². The Hall–Kier alpha value is -1.76. The highest BCUT2D eigenvalue weighted by Gasteiger charge is 2.52. The van der Waals surface area contributed by atoms with Crippen molar-refractivity contribution >= 4 is 28.2 Å². The molecule has 1 aromatic rings. The largest absolute Gasteiger partial charge is 0.465 e. The van der Waals surface area contributed by atoms with Gasteiger partial charge in [-0.3, -0.25) is 14.9 Å². The van der Waals surface area contributed by atoms with Crippen LogP contribution in [0.3, 0.4) is 0 Å². The lowest BCUT2D eigenvalue weighted by atomic mass is 9.69. The first-order valence-corrected chi connectivity index (χ1v) is 7.72. The van der Waals surface area contributed by atoms with Gasteiger partial charge in [-0.25, -0.2) is 0 Å². The van der Waals surface area contributed by atoms with E-state index in [4.69, 9.17) is 4.74 Å². The average molecular weight is 372 g/mol. The van der Waals surface area contributed by atoms with Crippen LogP contribution in [-0.4, -0.2) is 30.3 Å². The second-order valence-corrected chi connectivity index (χ2v) is 5.76. The molecule has 0 aromatic heterocycles. The molecule has 7 heteroatoms. The standard InChI is InChI=1S/C15H18BrNO5/c1-3-11(9-18)15(10-17(20)21,14(19)22-4-2)12-5-7-13(16)8-6-12/h5-9,11H,3-4,10H2,1-2H3. The van der Waals surface area contributed by atoms with E-state index >= 15 is 0 Å². The molecule has 6 nitrogen and oxygen atoms in total. The first kappa shape index (κ1) is 18.3. The highest BCUT2D eigenvalue weighted by molar-refractivity contribution is 9.10. The van der Waals surface area contributed by atoms with Crippen LogP contribution in [-0.2, 0) is 19.7 Å². The number of esters is 1. The first-order chi connectivity index (χ1) is 10.4. The molecule has 0 radical (unpaired) electrons. The van der Waals surface area contributed by atoms with Gasteiger partial charge in [-0.1, -0.05) is 35.0 Å². The zero-order valence-electron chi connectivity index (χ0n) is 12.5. The highest BCUT2D eigenvalue weighted by atomic mass is 79.9. The SMILES string of the molecule is CCOC(=O)C(C[N+](=O)[O-])(c1ccc(Br)cc1)C(C=O)CC. The first-order valence-electron chi connectivity index (χ1n) is 6.92. The molecule has 1 aromatic carbocycles. The lowest BCUT2D eigenvalue weighted by Gasteiger charge is -2.32. The summed E-state index contributed by atoms with van der Waals surface area (Å²) in [7, 11) is 0. The van der Waals surface area contributed by atoms with Gasteiger partial charge in [-0.05, 0) is 31.0 Å². The fraction of sp³-hybridized carbons (Fsp3) is 0.467. The van der Waals surface area contributed by atoms with E-state index in [1.807, 2.05) is 0 Å². The molecule has 0 saturated heterocycles. The van der Waals surface area contributed by atoms with Gasteiger partial charge in [0.25, 0.3) is 0 Å². The molecule has 0 aliphatic heterocycles. The molecular weight excluding hydrogens is 354 g/mol. The van der Waals surface area contributed by atoms with Crippen LogP contribution < -0.4 is 0 Å². The van der Waals surface area contributed by atoms with Crippen LogP contribution in [0.15, 0.2) is 28.7 Å². The van der Waals surface area contributed by atoms with Crippen molar-refractivity contribution in [3.8, 4) is 0 Å². The van der Waals surface area contributed by atoms with Gasteiger partial charge in [0.15, 0.2) is 5.41 Å². The summed E-state index contributed by atoms with van der Waals surface area (Å²) in [5.41, 5.74) is -1.21. The quantitative estimate of drug-likeness (QED) is 0.303. The Morgan fingerprint density at radius 3 is 2.41 bits per heavy atom. The fourth-order valence-electron chi connectivity index (χ4n) is 2.53. The summed E-state index contributed by atoms with van der Waals surface area (Å²) < 4.78 is 5.84. The molecule has 0 spiro atoms. The molecule has 1 rings (SSSR count). The molecule has 0 N–H and O–H groups in total. The van der Waals surface area contributed by atoms with Gasteiger partial charge in [0.2, 0.25) is 6.54 Å². The van der Waals surface area contributed by atoms with Crippen LogP contribution in [0, 0.1) is 16.0 Å². The molecule has 22 heavy (non-hydrogen) atoms. The Morgan fingerprint density at radius 1 is 1.41 bits per heavy atom. The predicted octanol–water partition coefficient (Wildman–Crippen LogP) is 2.75. The Kier molecular flexibility index (Phi) is 6.67. The van der Waals surface area contributed by atoms with Gasteiger partial charge in [0.1, 0.15) is 6.29 Å². The normalized spacial score (nSPS) is 14.7. The van der Waals surface area contributed by atoms with Crippen LogP contribution in [0.5, 0.6) is 0 Å². The summed E-state index contributed by atoms with van der Waals surface area (Å²) >= 11 is 3.28. The minimum absolute atomic E-state index is 0.0874. The third-order valence-corrected chi connectivity index (χ3v) is 4.14. The number of benzene rings is 1. The summed E-state index contributed by atoms with van der Waals surface area (Å²) in [6, 6.07) is 6.58. The smallest absolute Gasteiger partial charge is 0.324 e. The number of halogens is 1. The number of nitro groups is 1. The van der Waals surface area contributed by atoms with Gasteiger partial charge in [-0.15, -0.1) is 0 Å². The van der Waals surface area contributed by atoms with Crippen LogP contribution >= 0.6 is 15.9 Å². The second kappa shape index (κ2) is 8.03. The molecular formula is C15H18BrNO5. The van der Waals surface area contributed by atoms with Gasteiger partial charge in [0, 0.05) is 15.3 Å². The van der Waals surface area contributed by atoms with Gasteiger partial charge in [0.05, 0.1) is 6.61 Å². The van der Waals surface area contributed by atoms with Gasteiger partial charge in [-0.2, -0.15) is 0 Å². The maximum Gasteiger partial charge on any atom is 0.324 e. The number of nitrogens with zero attached hydrogens (tertiary/aromatic N) is 1. The summed E-state index contributed by atoms with van der Waals surface area (Å²) in [6.07, 6.45) is 0.898. The van der Waals surface area contributed by atoms with E-state index in [2.05, 4.69) is 15.9 Å². The summed E-state index contributed by atoms with van der Waals surface area (Å²) in [5.74, 6) is -1.58. The van der Waals surface area contributed by atoms with Crippen molar-refractivity contribution in [1.82, 2.24) is 0 Å². The van der Waals surface area contributed by atoms with Crippen molar-refractivity contribution in [2.24, 2.45) is 5.92 Å². The minimum atomic E-state index is -1.61. The third-order valence-electron chi connectivity index (χ3n) is 3.61. The van der Waals surface area contributed by atoms with Crippen molar-refractivity contribution in [3.05, 3.63) is 44.4 Å². The number of ether oxygens (including phenoxy) is 1. The summed E-state index contributed by atoms with van der Waals surface area (Å²) in [6.45, 7) is 2.74. The molecule has 0 aliphatic rings. The molecule has 0 aliphatic carbocycles. The van der Waals surface area contributed by atoms with E-state index in [-0.39, 0.29) is 6.61 Å². The molecule has 2 atom stereocenters.